The van der Waals surface area contributed by atoms with Gasteiger partial charge in [0.2, 0.25) is 0 Å². The first-order valence-corrected chi connectivity index (χ1v) is 9.94. The molecule has 0 aliphatic rings. The van der Waals surface area contributed by atoms with Gasteiger partial charge in [0.1, 0.15) is 12.4 Å². The maximum Gasteiger partial charge on any atom is 0.163 e. The zero-order valence-corrected chi connectivity index (χ0v) is 18.1. The molecule has 0 aliphatic carbocycles. The number of halogens is 4. The standard InChI is InChI=1S/C22H19Cl3FNO2/c1-13-6-7-15(9-18(13)24)27-11-14-8-21(28-2)22(10-19(14)25)29-12-16-17(23)4-3-5-20(16)26/h3-10,27H,11-12H2,1-2H3. The predicted octanol–water partition coefficient (Wildman–Crippen LogP) is 7.29. The van der Waals surface area contributed by atoms with E-state index in [0.717, 1.165) is 16.8 Å². The molecule has 0 aliphatic heterocycles. The lowest BCUT2D eigenvalue weighted by Gasteiger charge is -2.15. The molecule has 0 saturated carbocycles. The third kappa shape index (κ3) is 5.27. The molecule has 3 aromatic rings. The lowest BCUT2D eigenvalue weighted by Crippen LogP contribution is -2.04. The maximum absolute atomic E-state index is 14.0. The summed E-state index contributed by atoms with van der Waals surface area (Å²) in [5.74, 6) is 0.458. The Morgan fingerprint density at radius 1 is 0.931 bits per heavy atom. The molecule has 152 valence electrons. The second-order valence-electron chi connectivity index (χ2n) is 6.40. The molecular formula is C22H19Cl3FNO2. The minimum Gasteiger partial charge on any atom is -0.493 e. The van der Waals surface area contributed by atoms with Crippen LogP contribution in [-0.4, -0.2) is 7.11 Å². The summed E-state index contributed by atoms with van der Waals surface area (Å²) in [7, 11) is 1.53. The Hall–Kier alpha value is -2.14. The molecular weight excluding hydrogens is 436 g/mol. The van der Waals surface area contributed by atoms with Crippen LogP contribution < -0.4 is 14.8 Å². The topological polar surface area (TPSA) is 30.5 Å². The molecule has 3 rings (SSSR count). The van der Waals surface area contributed by atoms with E-state index in [4.69, 9.17) is 44.3 Å². The monoisotopic (exact) mass is 453 g/mol. The number of ether oxygens (including phenoxy) is 2. The molecule has 0 heterocycles. The van der Waals surface area contributed by atoms with Crippen LogP contribution in [0.15, 0.2) is 48.5 Å². The molecule has 0 saturated heterocycles. The summed E-state index contributed by atoms with van der Waals surface area (Å²) < 4.78 is 25.1. The van der Waals surface area contributed by atoms with Gasteiger partial charge in [-0.1, -0.05) is 46.9 Å². The molecule has 0 radical (unpaired) electrons. The van der Waals surface area contributed by atoms with Crippen LogP contribution in [0.5, 0.6) is 11.5 Å². The zero-order valence-electron chi connectivity index (χ0n) is 15.9. The van der Waals surface area contributed by atoms with E-state index in [2.05, 4.69) is 5.32 Å². The molecule has 0 aromatic heterocycles. The molecule has 0 amide bonds. The second-order valence-corrected chi connectivity index (χ2v) is 7.62. The van der Waals surface area contributed by atoms with Crippen molar-refractivity contribution in [1.82, 2.24) is 0 Å². The Morgan fingerprint density at radius 2 is 1.72 bits per heavy atom. The van der Waals surface area contributed by atoms with Crippen LogP contribution in [-0.2, 0) is 13.2 Å². The van der Waals surface area contributed by atoms with E-state index in [1.165, 1.54) is 13.2 Å². The number of aryl methyl sites for hydroxylation is 1. The van der Waals surface area contributed by atoms with Crippen LogP contribution in [0.4, 0.5) is 10.1 Å². The van der Waals surface area contributed by atoms with Crippen molar-refractivity contribution < 1.29 is 13.9 Å². The van der Waals surface area contributed by atoms with Gasteiger partial charge in [-0.25, -0.2) is 4.39 Å². The van der Waals surface area contributed by atoms with Crippen molar-refractivity contribution in [3.63, 3.8) is 0 Å². The predicted molar refractivity (Wildman–Crippen MR) is 117 cm³/mol. The Labute approximate surface area is 184 Å². The molecule has 3 nitrogen and oxygen atoms in total. The largest absolute Gasteiger partial charge is 0.493 e. The average molecular weight is 455 g/mol. The molecule has 1 N–H and O–H groups in total. The summed E-state index contributed by atoms with van der Waals surface area (Å²) in [6.07, 6.45) is 0. The van der Waals surface area contributed by atoms with E-state index in [-0.39, 0.29) is 12.2 Å². The quantitative estimate of drug-likeness (QED) is 0.406. The molecule has 0 atom stereocenters. The van der Waals surface area contributed by atoms with Crippen LogP contribution in [0.1, 0.15) is 16.7 Å². The fraction of sp³-hybridized carbons (Fsp3) is 0.182. The van der Waals surface area contributed by atoms with Crippen molar-refractivity contribution in [2.75, 3.05) is 12.4 Å². The minimum absolute atomic E-state index is 0.0440. The van der Waals surface area contributed by atoms with Crippen molar-refractivity contribution in [1.29, 1.82) is 0 Å². The highest BCUT2D eigenvalue weighted by Crippen LogP contribution is 2.35. The van der Waals surface area contributed by atoms with E-state index >= 15 is 0 Å². The van der Waals surface area contributed by atoms with Crippen LogP contribution in [0.25, 0.3) is 0 Å². The van der Waals surface area contributed by atoms with Crippen LogP contribution in [0.2, 0.25) is 15.1 Å². The van der Waals surface area contributed by atoms with E-state index < -0.39 is 5.82 Å². The van der Waals surface area contributed by atoms with Gasteiger partial charge in [-0.15, -0.1) is 0 Å². The van der Waals surface area contributed by atoms with E-state index in [0.29, 0.717) is 33.1 Å². The van der Waals surface area contributed by atoms with E-state index in [1.807, 2.05) is 25.1 Å². The van der Waals surface area contributed by atoms with Crippen molar-refractivity contribution in [3.8, 4) is 11.5 Å². The normalized spacial score (nSPS) is 10.7. The van der Waals surface area contributed by atoms with Gasteiger partial charge in [0, 0.05) is 33.9 Å². The van der Waals surface area contributed by atoms with E-state index in [9.17, 15) is 4.39 Å². The third-order valence-electron chi connectivity index (χ3n) is 4.42. The zero-order chi connectivity index (χ0) is 21.0. The molecule has 0 bridgehead atoms. The summed E-state index contributed by atoms with van der Waals surface area (Å²) in [5.41, 5.74) is 2.98. The summed E-state index contributed by atoms with van der Waals surface area (Å²) >= 11 is 18.6. The van der Waals surface area contributed by atoms with Crippen molar-refractivity contribution >= 4 is 40.5 Å². The first-order chi connectivity index (χ1) is 13.9. The maximum atomic E-state index is 14.0. The number of methoxy groups -OCH3 is 1. The molecule has 0 spiro atoms. The van der Waals surface area contributed by atoms with Gasteiger partial charge in [-0.2, -0.15) is 0 Å². The summed E-state index contributed by atoms with van der Waals surface area (Å²) in [5, 5.41) is 4.76. The Balaban J connectivity index is 1.75. The highest BCUT2D eigenvalue weighted by molar-refractivity contribution is 6.32. The Bertz CT molecular complexity index is 1010. The lowest BCUT2D eigenvalue weighted by atomic mass is 10.1. The number of hydrogen-bond donors (Lipinski definition) is 1. The van der Waals surface area contributed by atoms with Crippen LogP contribution in [0, 0.1) is 12.7 Å². The fourth-order valence-corrected chi connectivity index (χ4v) is 3.32. The van der Waals surface area contributed by atoms with Gasteiger partial charge in [0.05, 0.1) is 12.1 Å². The Morgan fingerprint density at radius 3 is 2.41 bits per heavy atom. The van der Waals surface area contributed by atoms with Crippen molar-refractivity contribution in [2.45, 2.75) is 20.1 Å². The van der Waals surface area contributed by atoms with E-state index in [1.54, 1.807) is 24.3 Å². The van der Waals surface area contributed by atoms with Gasteiger partial charge in [-0.3, -0.25) is 0 Å². The summed E-state index contributed by atoms with van der Waals surface area (Å²) in [4.78, 5) is 0. The summed E-state index contributed by atoms with van der Waals surface area (Å²) in [6.45, 7) is 2.37. The molecule has 7 heteroatoms. The molecule has 3 aromatic carbocycles. The highest BCUT2D eigenvalue weighted by atomic mass is 35.5. The van der Waals surface area contributed by atoms with Gasteiger partial charge >= 0.3 is 0 Å². The fourth-order valence-electron chi connectivity index (χ4n) is 2.71. The lowest BCUT2D eigenvalue weighted by molar-refractivity contribution is 0.279. The van der Waals surface area contributed by atoms with Crippen LogP contribution in [0.3, 0.4) is 0 Å². The van der Waals surface area contributed by atoms with Crippen molar-refractivity contribution in [2.24, 2.45) is 0 Å². The number of anilines is 1. The number of benzene rings is 3. The number of nitrogens with one attached hydrogen (secondary N) is 1. The van der Waals surface area contributed by atoms with Gasteiger partial charge in [-0.05, 0) is 48.4 Å². The smallest absolute Gasteiger partial charge is 0.163 e. The summed E-state index contributed by atoms with van der Waals surface area (Å²) in [6, 6.07) is 13.7. The number of rotatable bonds is 7. The first kappa shape index (κ1) is 21.6. The molecule has 0 fully saturated rings. The SMILES string of the molecule is COc1cc(CNc2ccc(C)c(Cl)c2)c(Cl)cc1OCc1c(F)cccc1Cl. The average Bonchev–Trinajstić information content (AvgIpc) is 2.69. The minimum atomic E-state index is -0.430. The second kappa shape index (κ2) is 9.57. The van der Waals surface area contributed by atoms with Crippen molar-refractivity contribution in [3.05, 3.63) is 86.1 Å². The third-order valence-corrected chi connectivity index (χ3v) is 5.53. The molecule has 0 unspecified atom stereocenters. The van der Waals surface area contributed by atoms with Gasteiger partial charge < -0.3 is 14.8 Å². The first-order valence-electron chi connectivity index (χ1n) is 8.81. The van der Waals surface area contributed by atoms with Crippen LogP contribution >= 0.6 is 34.8 Å². The highest BCUT2D eigenvalue weighted by Gasteiger charge is 2.13. The van der Waals surface area contributed by atoms with Gasteiger partial charge in [0.25, 0.3) is 0 Å². The number of hydrogen-bond acceptors (Lipinski definition) is 3. The molecule has 29 heavy (non-hydrogen) atoms. The van der Waals surface area contributed by atoms with Gasteiger partial charge in [0.15, 0.2) is 11.5 Å². The Kier molecular flexibility index (Phi) is 7.12.